The largest absolute Gasteiger partial charge is 0.379 e. The summed E-state index contributed by atoms with van der Waals surface area (Å²) in [5, 5.41) is 6.94. The van der Waals surface area contributed by atoms with Gasteiger partial charge in [-0.2, -0.15) is 0 Å². The number of piperazine rings is 1. The Labute approximate surface area is 172 Å². The van der Waals surface area contributed by atoms with Crippen molar-refractivity contribution in [1.29, 1.82) is 0 Å². The van der Waals surface area contributed by atoms with Gasteiger partial charge in [0.25, 0.3) is 0 Å². The van der Waals surface area contributed by atoms with Gasteiger partial charge in [0.05, 0.1) is 19.8 Å². The maximum atomic E-state index is 5.51. The van der Waals surface area contributed by atoms with Crippen LogP contribution in [0.5, 0.6) is 0 Å². The summed E-state index contributed by atoms with van der Waals surface area (Å²) >= 11 is 0. The predicted octanol–water partition coefficient (Wildman–Crippen LogP) is 0.926. The van der Waals surface area contributed by atoms with Gasteiger partial charge in [-0.25, -0.2) is 0 Å². The molecule has 2 fully saturated rings. The minimum absolute atomic E-state index is 0.483. The van der Waals surface area contributed by atoms with E-state index in [1.54, 1.807) is 0 Å². The molecule has 1 unspecified atom stereocenters. The Morgan fingerprint density at radius 3 is 2.36 bits per heavy atom. The first-order valence-electron chi connectivity index (χ1n) is 11.3. The summed E-state index contributed by atoms with van der Waals surface area (Å²) in [4.78, 5) is 12.4. The predicted molar refractivity (Wildman–Crippen MR) is 118 cm³/mol. The van der Waals surface area contributed by atoms with Crippen LogP contribution in [0.3, 0.4) is 0 Å². The summed E-state index contributed by atoms with van der Waals surface area (Å²) in [7, 11) is 2.21. The highest BCUT2D eigenvalue weighted by atomic mass is 16.5. The molecular formula is C21H44N6O. The molecule has 2 aliphatic heterocycles. The number of nitrogens with one attached hydrogen (secondary N) is 2. The second-order valence-corrected chi connectivity index (χ2v) is 8.46. The number of hydrogen-bond acceptors (Lipinski definition) is 5. The molecule has 7 heteroatoms. The summed E-state index contributed by atoms with van der Waals surface area (Å²) in [6.45, 7) is 19.3. The van der Waals surface area contributed by atoms with Crippen molar-refractivity contribution in [2.24, 2.45) is 10.9 Å². The van der Waals surface area contributed by atoms with Crippen molar-refractivity contribution in [3.63, 3.8) is 0 Å². The number of hydrogen-bond donors (Lipinski definition) is 2. The Balaban J connectivity index is 1.69. The molecule has 1 atom stereocenters. The van der Waals surface area contributed by atoms with Gasteiger partial charge in [0.1, 0.15) is 0 Å². The fraction of sp³-hybridized carbons (Fsp3) is 0.952. The molecule has 0 spiro atoms. The normalized spacial score (nSPS) is 21.8. The lowest BCUT2D eigenvalue weighted by molar-refractivity contribution is 0.00867. The molecule has 164 valence electrons. The van der Waals surface area contributed by atoms with Gasteiger partial charge in [0.15, 0.2) is 5.96 Å². The zero-order chi connectivity index (χ0) is 20.2. The van der Waals surface area contributed by atoms with E-state index >= 15 is 0 Å². The van der Waals surface area contributed by atoms with Crippen molar-refractivity contribution < 1.29 is 4.74 Å². The Morgan fingerprint density at radius 2 is 1.71 bits per heavy atom. The lowest BCUT2D eigenvalue weighted by atomic mass is 10.0. The summed E-state index contributed by atoms with van der Waals surface area (Å²) in [5.41, 5.74) is 0. The topological polar surface area (TPSA) is 55.4 Å². The van der Waals surface area contributed by atoms with Crippen LogP contribution in [0.4, 0.5) is 0 Å². The Morgan fingerprint density at radius 1 is 1.00 bits per heavy atom. The van der Waals surface area contributed by atoms with Crippen molar-refractivity contribution in [1.82, 2.24) is 25.3 Å². The average molecular weight is 397 g/mol. The fourth-order valence-electron chi connectivity index (χ4n) is 3.92. The van der Waals surface area contributed by atoms with Crippen LogP contribution in [0.25, 0.3) is 0 Å². The van der Waals surface area contributed by atoms with Gasteiger partial charge in [0.2, 0.25) is 0 Å². The minimum Gasteiger partial charge on any atom is -0.379 e. The van der Waals surface area contributed by atoms with E-state index in [1.807, 2.05) is 0 Å². The van der Waals surface area contributed by atoms with Crippen LogP contribution in [0.1, 0.15) is 33.6 Å². The van der Waals surface area contributed by atoms with Crippen molar-refractivity contribution >= 4 is 5.96 Å². The van der Waals surface area contributed by atoms with Gasteiger partial charge < -0.3 is 25.2 Å². The molecular weight excluding hydrogens is 352 g/mol. The van der Waals surface area contributed by atoms with E-state index < -0.39 is 0 Å². The quantitative estimate of drug-likeness (QED) is 0.325. The first-order chi connectivity index (χ1) is 13.6. The fourth-order valence-corrected chi connectivity index (χ4v) is 3.92. The second kappa shape index (κ2) is 13.4. The number of nitrogens with zero attached hydrogens (tertiary/aromatic N) is 4. The number of guanidine groups is 1. The van der Waals surface area contributed by atoms with Gasteiger partial charge in [-0.15, -0.1) is 0 Å². The third-order valence-corrected chi connectivity index (χ3v) is 5.85. The van der Waals surface area contributed by atoms with Crippen molar-refractivity contribution in [3.8, 4) is 0 Å². The molecule has 0 aromatic carbocycles. The van der Waals surface area contributed by atoms with E-state index in [0.717, 1.165) is 51.9 Å². The number of rotatable bonds is 10. The van der Waals surface area contributed by atoms with Gasteiger partial charge in [-0.3, -0.25) is 9.89 Å². The molecule has 0 radical (unpaired) electrons. The van der Waals surface area contributed by atoms with Gasteiger partial charge in [0, 0.05) is 58.4 Å². The molecule has 0 aromatic rings. The van der Waals surface area contributed by atoms with E-state index in [9.17, 15) is 0 Å². The molecule has 0 bridgehead atoms. The summed E-state index contributed by atoms with van der Waals surface area (Å²) in [5.74, 6) is 1.55. The van der Waals surface area contributed by atoms with Crippen LogP contribution in [0.15, 0.2) is 4.99 Å². The van der Waals surface area contributed by atoms with Crippen LogP contribution in [0, 0.1) is 5.92 Å². The number of likely N-dealkylation sites (N-methyl/N-ethyl adjacent to an activating group) is 1. The number of morpholine rings is 1. The molecule has 0 aliphatic carbocycles. The van der Waals surface area contributed by atoms with Crippen molar-refractivity contribution in [2.45, 2.75) is 39.7 Å². The SMILES string of the molecule is CCNC(=NCC(C(C)C)N1CCOCC1)NCCCCN1CCN(C)CC1. The lowest BCUT2D eigenvalue weighted by Gasteiger charge is -2.36. The monoisotopic (exact) mass is 396 g/mol. The molecule has 7 nitrogen and oxygen atoms in total. The highest BCUT2D eigenvalue weighted by Crippen LogP contribution is 2.13. The summed E-state index contributed by atoms with van der Waals surface area (Å²) < 4.78 is 5.51. The van der Waals surface area contributed by atoms with Crippen LogP contribution in [-0.2, 0) is 4.74 Å². The maximum Gasteiger partial charge on any atom is 0.191 e. The van der Waals surface area contributed by atoms with E-state index in [0.29, 0.717) is 12.0 Å². The number of ether oxygens (including phenoxy) is 1. The number of aliphatic imine (C=N–C) groups is 1. The second-order valence-electron chi connectivity index (χ2n) is 8.46. The molecule has 28 heavy (non-hydrogen) atoms. The third-order valence-electron chi connectivity index (χ3n) is 5.85. The van der Waals surface area contributed by atoms with E-state index in [2.05, 4.69) is 53.2 Å². The lowest BCUT2D eigenvalue weighted by Crippen LogP contribution is -2.48. The van der Waals surface area contributed by atoms with E-state index in [1.165, 1.54) is 45.6 Å². The van der Waals surface area contributed by atoms with E-state index in [-0.39, 0.29) is 0 Å². The Hall–Kier alpha value is -0.890. The van der Waals surface area contributed by atoms with Gasteiger partial charge in [-0.1, -0.05) is 13.8 Å². The van der Waals surface area contributed by atoms with Gasteiger partial charge >= 0.3 is 0 Å². The molecule has 2 heterocycles. The highest BCUT2D eigenvalue weighted by Gasteiger charge is 2.23. The van der Waals surface area contributed by atoms with E-state index in [4.69, 9.17) is 9.73 Å². The molecule has 0 saturated carbocycles. The van der Waals surface area contributed by atoms with Crippen molar-refractivity contribution in [2.75, 3.05) is 85.7 Å². The first kappa shape index (κ1) is 23.4. The van der Waals surface area contributed by atoms with Crippen LogP contribution >= 0.6 is 0 Å². The molecule has 2 N–H and O–H groups in total. The Kier molecular flexibility index (Phi) is 11.2. The Bertz CT molecular complexity index is 431. The standard InChI is InChI=1S/C21H44N6O/c1-5-22-21(23-8-6-7-9-26-12-10-25(4)11-13-26)24-18-20(19(2)3)27-14-16-28-17-15-27/h19-20H,5-18H2,1-4H3,(H2,22,23,24). The third kappa shape index (κ3) is 8.64. The maximum absolute atomic E-state index is 5.51. The summed E-state index contributed by atoms with van der Waals surface area (Å²) in [6, 6.07) is 0.483. The van der Waals surface area contributed by atoms with Crippen LogP contribution in [0.2, 0.25) is 0 Å². The zero-order valence-electron chi connectivity index (χ0n) is 18.8. The van der Waals surface area contributed by atoms with Crippen LogP contribution < -0.4 is 10.6 Å². The first-order valence-corrected chi connectivity index (χ1v) is 11.3. The zero-order valence-corrected chi connectivity index (χ0v) is 18.8. The molecule has 0 amide bonds. The molecule has 0 aromatic heterocycles. The molecule has 2 saturated heterocycles. The number of unbranched alkanes of at least 4 members (excludes halogenated alkanes) is 1. The van der Waals surface area contributed by atoms with Gasteiger partial charge in [-0.05, 0) is 39.3 Å². The average Bonchev–Trinajstić information content (AvgIpc) is 2.69. The smallest absolute Gasteiger partial charge is 0.191 e. The molecule has 2 aliphatic rings. The minimum atomic E-state index is 0.483. The summed E-state index contributed by atoms with van der Waals surface area (Å²) in [6.07, 6.45) is 2.44. The molecule has 2 rings (SSSR count). The van der Waals surface area contributed by atoms with Crippen molar-refractivity contribution in [3.05, 3.63) is 0 Å². The highest BCUT2D eigenvalue weighted by molar-refractivity contribution is 5.79. The van der Waals surface area contributed by atoms with Crippen LogP contribution in [-0.4, -0.2) is 112 Å².